The van der Waals surface area contributed by atoms with Gasteiger partial charge in [0.25, 0.3) is 0 Å². The van der Waals surface area contributed by atoms with Crippen molar-refractivity contribution in [2.75, 3.05) is 26.7 Å². The van der Waals surface area contributed by atoms with Crippen LogP contribution >= 0.6 is 12.4 Å². The largest absolute Gasteiger partial charge is 0.416 e. The zero-order valence-electron chi connectivity index (χ0n) is 13.7. The number of hydrogen-bond acceptors (Lipinski definition) is 2. The summed E-state index contributed by atoms with van der Waals surface area (Å²) in [6.45, 7) is 2.22. The summed E-state index contributed by atoms with van der Waals surface area (Å²) in [7, 11) is 1.82. The van der Waals surface area contributed by atoms with Gasteiger partial charge in [-0.2, -0.15) is 26.3 Å². The smallest absolute Gasteiger partial charge is 0.319 e. The molecule has 1 aromatic carbocycles. The fourth-order valence-electron chi connectivity index (χ4n) is 3.12. The first-order chi connectivity index (χ1) is 11.1. The third kappa shape index (κ3) is 6.34. The first-order valence-corrected chi connectivity index (χ1v) is 7.75. The van der Waals surface area contributed by atoms with Crippen molar-refractivity contribution >= 4 is 12.4 Å². The molecule has 9 heteroatoms. The average molecular weight is 391 g/mol. The molecule has 0 spiro atoms. The summed E-state index contributed by atoms with van der Waals surface area (Å²) in [6.07, 6.45) is -7.70. The molecule has 1 atom stereocenters. The Morgan fingerprint density at radius 1 is 1.04 bits per heavy atom. The summed E-state index contributed by atoms with van der Waals surface area (Å²) in [5.74, 6) is 0.358. The minimum Gasteiger partial charge on any atom is -0.319 e. The van der Waals surface area contributed by atoms with E-state index in [0.717, 1.165) is 31.5 Å². The van der Waals surface area contributed by atoms with E-state index in [1.54, 1.807) is 0 Å². The van der Waals surface area contributed by atoms with Crippen LogP contribution in [-0.4, -0.2) is 31.6 Å². The van der Waals surface area contributed by atoms with Crippen molar-refractivity contribution in [1.29, 1.82) is 0 Å². The Hall–Kier alpha value is -0.990. The first kappa shape index (κ1) is 22.1. The third-order valence-corrected chi connectivity index (χ3v) is 4.15. The van der Waals surface area contributed by atoms with Crippen molar-refractivity contribution in [1.82, 2.24) is 10.2 Å². The standard InChI is InChI=1S/C16H20F6N2.ClH/c1-23-8-11-3-2-4-24(9-11)10-12-5-13(15(17,18)19)7-14(6-12)16(20,21)22;/h5-7,11,23H,2-4,8-10H2,1H3;1H. The Labute approximate surface area is 149 Å². The summed E-state index contributed by atoms with van der Waals surface area (Å²) in [4.78, 5) is 1.92. The number of nitrogens with one attached hydrogen (secondary N) is 1. The van der Waals surface area contributed by atoms with Crippen LogP contribution in [0.15, 0.2) is 18.2 Å². The van der Waals surface area contributed by atoms with Gasteiger partial charge >= 0.3 is 12.4 Å². The zero-order chi connectivity index (χ0) is 18.0. The van der Waals surface area contributed by atoms with Gasteiger partial charge in [0.2, 0.25) is 0 Å². The van der Waals surface area contributed by atoms with E-state index in [4.69, 9.17) is 0 Å². The summed E-state index contributed by atoms with van der Waals surface area (Å²) < 4.78 is 77.3. The lowest BCUT2D eigenvalue weighted by Gasteiger charge is -2.33. The first-order valence-electron chi connectivity index (χ1n) is 7.75. The second-order valence-corrected chi connectivity index (χ2v) is 6.22. The van der Waals surface area contributed by atoms with Crippen molar-refractivity contribution in [3.05, 3.63) is 34.9 Å². The van der Waals surface area contributed by atoms with Gasteiger partial charge in [0.1, 0.15) is 0 Å². The zero-order valence-corrected chi connectivity index (χ0v) is 14.5. The van der Waals surface area contributed by atoms with Gasteiger partial charge in [-0.15, -0.1) is 12.4 Å². The highest BCUT2D eigenvalue weighted by molar-refractivity contribution is 5.85. The second kappa shape index (κ2) is 8.60. The van der Waals surface area contributed by atoms with Gasteiger partial charge < -0.3 is 5.32 Å². The SMILES string of the molecule is CNCC1CCCN(Cc2cc(C(F)(F)F)cc(C(F)(F)F)c2)C1.Cl. The Kier molecular flexibility index (Phi) is 7.58. The van der Waals surface area contributed by atoms with Crippen LogP contribution in [0.4, 0.5) is 26.3 Å². The molecule has 0 amide bonds. The summed E-state index contributed by atoms with van der Waals surface area (Å²) in [6, 6.07) is 1.80. The fraction of sp³-hybridized carbons (Fsp3) is 0.625. The molecule has 0 saturated carbocycles. The van der Waals surface area contributed by atoms with Gasteiger partial charge in [-0.3, -0.25) is 4.90 Å². The van der Waals surface area contributed by atoms with Crippen molar-refractivity contribution in [2.45, 2.75) is 31.7 Å². The molecule has 1 heterocycles. The molecule has 144 valence electrons. The Bertz CT molecular complexity index is 524. The molecule has 0 bridgehead atoms. The molecule has 1 unspecified atom stereocenters. The van der Waals surface area contributed by atoms with E-state index in [2.05, 4.69) is 5.32 Å². The molecule has 0 aromatic heterocycles. The second-order valence-electron chi connectivity index (χ2n) is 6.22. The van der Waals surface area contributed by atoms with Crippen LogP contribution in [0.1, 0.15) is 29.5 Å². The maximum Gasteiger partial charge on any atom is 0.416 e. The van der Waals surface area contributed by atoms with Gasteiger partial charge in [0.15, 0.2) is 0 Å². The molecule has 2 rings (SSSR count). The summed E-state index contributed by atoms with van der Waals surface area (Å²) >= 11 is 0. The minimum absolute atomic E-state index is 0. The van der Waals surface area contributed by atoms with Crippen LogP contribution in [0.3, 0.4) is 0 Å². The highest BCUT2D eigenvalue weighted by Crippen LogP contribution is 2.36. The fourth-order valence-corrected chi connectivity index (χ4v) is 3.12. The predicted molar refractivity (Wildman–Crippen MR) is 85.6 cm³/mol. The van der Waals surface area contributed by atoms with Gasteiger partial charge in [-0.05, 0) is 62.7 Å². The van der Waals surface area contributed by atoms with Crippen LogP contribution in [-0.2, 0) is 18.9 Å². The molecule has 2 nitrogen and oxygen atoms in total. The van der Waals surface area contributed by atoms with Gasteiger partial charge in [-0.1, -0.05) is 0 Å². The molecule has 1 aliphatic rings. The molecule has 1 saturated heterocycles. The van der Waals surface area contributed by atoms with E-state index in [9.17, 15) is 26.3 Å². The topological polar surface area (TPSA) is 15.3 Å². The van der Waals surface area contributed by atoms with Crippen LogP contribution in [0.2, 0.25) is 0 Å². The van der Waals surface area contributed by atoms with Gasteiger partial charge in [0.05, 0.1) is 11.1 Å². The molecule has 1 aliphatic heterocycles. The van der Waals surface area contributed by atoms with E-state index >= 15 is 0 Å². The number of piperidine rings is 1. The molecular weight excluding hydrogens is 370 g/mol. The number of halogens is 7. The molecule has 25 heavy (non-hydrogen) atoms. The van der Waals surface area contributed by atoms with E-state index < -0.39 is 23.5 Å². The molecule has 0 aliphatic carbocycles. The normalized spacial score (nSPS) is 19.6. The van der Waals surface area contributed by atoms with Gasteiger partial charge in [0, 0.05) is 13.1 Å². The number of rotatable bonds is 4. The lowest BCUT2D eigenvalue weighted by atomic mass is 9.97. The van der Waals surface area contributed by atoms with Crippen LogP contribution < -0.4 is 5.32 Å². The van der Waals surface area contributed by atoms with Crippen molar-refractivity contribution in [2.24, 2.45) is 5.92 Å². The maximum absolute atomic E-state index is 12.9. The molecule has 1 N–H and O–H groups in total. The quantitative estimate of drug-likeness (QED) is 0.757. The van der Waals surface area contributed by atoms with Crippen molar-refractivity contribution < 1.29 is 26.3 Å². The maximum atomic E-state index is 12.9. The minimum atomic E-state index is -4.80. The van der Waals surface area contributed by atoms with Crippen molar-refractivity contribution in [3.63, 3.8) is 0 Å². The van der Waals surface area contributed by atoms with Crippen molar-refractivity contribution in [3.8, 4) is 0 Å². The van der Waals surface area contributed by atoms with E-state index in [1.165, 1.54) is 0 Å². The van der Waals surface area contributed by atoms with E-state index in [-0.39, 0.29) is 30.6 Å². The molecule has 1 aromatic rings. The van der Waals surface area contributed by atoms with Gasteiger partial charge in [-0.25, -0.2) is 0 Å². The van der Waals surface area contributed by atoms with Crippen LogP contribution in [0.25, 0.3) is 0 Å². The Morgan fingerprint density at radius 2 is 1.60 bits per heavy atom. The lowest BCUT2D eigenvalue weighted by Crippen LogP contribution is -2.38. The van der Waals surface area contributed by atoms with E-state index in [0.29, 0.717) is 19.0 Å². The number of benzene rings is 1. The molecule has 0 radical (unpaired) electrons. The predicted octanol–water partition coefficient (Wildman–Crippen LogP) is 4.58. The third-order valence-electron chi connectivity index (χ3n) is 4.15. The van der Waals surface area contributed by atoms with E-state index in [1.807, 2.05) is 11.9 Å². The highest BCUT2D eigenvalue weighted by Gasteiger charge is 2.37. The average Bonchev–Trinajstić information content (AvgIpc) is 2.46. The summed E-state index contributed by atoms with van der Waals surface area (Å²) in [5.41, 5.74) is -2.46. The number of likely N-dealkylation sites (tertiary alicyclic amines) is 1. The number of alkyl halides is 6. The summed E-state index contributed by atoms with van der Waals surface area (Å²) in [5, 5.41) is 3.06. The lowest BCUT2D eigenvalue weighted by molar-refractivity contribution is -0.143. The Morgan fingerprint density at radius 3 is 2.08 bits per heavy atom. The molecule has 1 fully saturated rings. The number of nitrogens with zero attached hydrogens (tertiary/aromatic N) is 1. The van der Waals surface area contributed by atoms with Crippen LogP contribution in [0.5, 0.6) is 0 Å². The van der Waals surface area contributed by atoms with Crippen LogP contribution in [0, 0.1) is 5.92 Å². The number of hydrogen-bond donors (Lipinski definition) is 1. The highest BCUT2D eigenvalue weighted by atomic mass is 35.5. The monoisotopic (exact) mass is 390 g/mol. The molecular formula is C16H21ClF6N2. The Balaban J connectivity index is 0.00000312.